The summed E-state index contributed by atoms with van der Waals surface area (Å²) in [6.45, 7) is 6.48. The molecule has 0 aliphatic carbocycles. The van der Waals surface area contributed by atoms with Crippen LogP contribution >= 0.6 is 0 Å². The predicted molar refractivity (Wildman–Crippen MR) is 137 cm³/mol. The average Bonchev–Trinajstić information content (AvgIpc) is 3.38. The number of aromatic nitrogens is 2. The van der Waals surface area contributed by atoms with Crippen LogP contribution in [0.2, 0.25) is 0 Å². The molecule has 1 aliphatic rings. The summed E-state index contributed by atoms with van der Waals surface area (Å²) in [6.07, 6.45) is 3.26. The van der Waals surface area contributed by atoms with Gasteiger partial charge >= 0.3 is 0 Å². The molecule has 8 nitrogen and oxygen atoms in total. The summed E-state index contributed by atoms with van der Waals surface area (Å²) in [5, 5.41) is 18.2. The van der Waals surface area contributed by atoms with Crippen LogP contribution in [0.15, 0.2) is 47.3 Å². The van der Waals surface area contributed by atoms with Gasteiger partial charge in [0.1, 0.15) is 11.4 Å². The van der Waals surface area contributed by atoms with Crippen molar-refractivity contribution in [2.45, 2.75) is 26.7 Å². The van der Waals surface area contributed by atoms with Crippen molar-refractivity contribution in [2.24, 2.45) is 5.92 Å². The van der Waals surface area contributed by atoms with Crippen LogP contribution in [0.1, 0.15) is 42.7 Å². The molecule has 36 heavy (non-hydrogen) atoms. The highest BCUT2D eigenvalue weighted by Crippen LogP contribution is 2.36. The van der Waals surface area contributed by atoms with Crippen molar-refractivity contribution in [1.29, 1.82) is 5.41 Å². The third-order valence-electron chi connectivity index (χ3n) is 5.91. The second-order valence-electron chi connectivity index (χ2n) is 9.03. The lowest BCUT2D eigenvalue weighted by molar-refractivity contribution is 0.102. The highest BCUT2D eigenvalue weighted by Gasteiger charge is 2.23. The highest BCUT2D eigenvalue weighted by molar-refractivity contribution is 6.08. The number of amides is 1. The third-order valence-corrected chi connectivity index (χ3v) is 5.91. The van der Waals surface area contributed by atoms with E-state index in [-0.39, 0.29) is 5.69 Å². The van der Waals surface area contributed by atoms with E-state index in [2.05, 4.69) is 34.5 Å². The van der Waals surface area contributed by atoms with Crippen LogP contribution in [0.5, 0.6) is 0 Å². The molecule has 2 aromatic carbocycles. The molecule has 4 rings (SSSR count). The first kappa shape index (κ1) is 25.0. The van der Waals surface area contributed by atoms with E-state index in [0.717, 1.165) is 62.0 Å². The van der Waals surface area contributed by atoms with Crippen LogP contribution < -0.4 is 21.1 Å². The molecule has 1 aliphatic heterocycles. The van der Waals surface area contributed by atoms with E-state index in [1.807, 2.05) is 0 Å². The molecule has 3 aromatic rings. The van der Waals surface area contributed by atoms with Gasteiger partial charge in [-0.25, -0.2) is 8.78 Å². The maximum atomic E-state index is 14.3. The van der Waals surface area contributed by atoms with Crippen molar-refractivity contribution in [2.75, 3.05) is 35.2 Å². The van der Waals surface area contributed by atoms with E-state index in [0.29, 0.717) is 21.9 Å². The lowest BCUT2D eigenvalue weighted by Crippen LogP contribution is -2.27. The first-order chi connectivity index (χ1) is 17.3. The fourth-order valence-electron chi connectivity index (χ4n) is 4.17. The Morgan fingerprint density at radius 3 is 2.36 bits per heavy atom. The van der Waals surface area contributed by atoms with Gasteiger partial charge in [0.05, 0.1) is 11.4 Å². The van der Waals surface area contributed by atoms with Crippen LogP contribution in [0, 0.1) is 23.0 Å². The van der Waals surface area contributed by atoms with Gasteiger partial charge in [-0.3, -0.25) is 9.59 Å². The first-order valence-electron chi connectivity index (χ1n) is 11.8. The summed E-state index contributed by atoms with van der Waals surface area (Å²) in [5.41, 5.74) is 1.02. The normalized spacial score (nSPS) is 13.2. The first-order valence-corrected chi connectivity index (χ1v) is 11.8. The van der Waals surface area contributed by atoms with E-state index in [4.69, 9.17) is 5.41 Å². The summed E-state index contributed by atoms with van der Waals surface area (Å²) in [7, 11) is 0. The van der Waals surface area contributed by atoms with Gasteiger partial charge in [-0.1, -0.05) is 19.9 Å². The van der Waals surface area contributed by atoms with Crippen LogP contribution in [-0.2, 0) is 0 Å². The summed E-state index contributed by atoms with van der Waals surface area (Å²) >= 11 is 0. The van der Waals surface area contributed by atoms with Gasteiger partial charge in [0.25, 0.3) is 11.5 Å². The van der Waals surface area contributed by atoms with Gasteiger partial charge in [0.15, 0.2) is 11.6 Å². The predicted octanol–water partition coefficient (Wildman–Crippen LogP) is 4.43. The number of hydrogen-bond acceptors (Lipinski definition) is 6. The molecular weight excluding hydrogens is 466 g/mol. The number of rotatable bonds is 8. The smallest absolute Gasteiger partial charge is 0.276 e. The molecule has 10 heteroatoms. The van der Waals surface area contributed by atoms with Gasteiger partial charge in [-0.2, -0.15) is 9.78 Å². The third kappa shape index (κ3) is 5.12. The number of carbonyl (C=O) groups excluding carboxylic acids is 1. The molecule has 0 bridgehead atoms. The van der Waals surface area contributed by atoms with Crippen molar-refractivity contribution in [3.05, 3.63) is 75.7 Å². The zero-order valence-electron chi connectivity index (χ0n) is 20.1. The Balaban J connectivity index is 1.72. The fourth-order valence-corrected chi connectivity index (χ4v) is 4.17. The lowest BCUT2D eigenvalue weighted by Gasteiger charge is -2.26. The largest absolute Gasteiger partial charge is 0.384 e. The second-order valence-corrected chi connectivity index (χ2v) is 9.03. The summed E-state index contributed by atoms with van der Waals surface area (Å²) in [4.78, 5) is 27.6. The molecule has 188 valence electrons. The lowest BCUT2D eigenvalue weighted by atomic mass is 10.1. The Morgan fingerprint density at radius 2 is 1.72 bits per heavy atom. The molecule has 3 N–H and O–H groups in total. The average molecular weight is 495 g/mol. The summed E-state index contributed by atoms with van der Waals surface area (Å²) in [6, 6.07) is 9.01. The van der Waals surface area contributed by atoms with Crippen molar-refractivity contribution >= 4 is 29.2 Å². The maximum absolute atomic E-state index is 14.3. The zero-order valence-corrected chi connectivity index (χ0v) is 20.1. The molecule has 1 amide bonds. The Labute approximate surface area is 207 Å². The minimum atomic E-state index is -0.974. The van der Waals surface area contributed by atoms with E-state index >= 15 is 0 Å². The Kier molecular flexibility index (Phi) is 7.42. The molecule has 0 radical (unpaired) electrons. The van der Waals surface area contributed by atoms with Crippen LogP contribution in [0.3, 0.4) is 0 Å². The molecule has 0 unspecified atom stereocenters. The van der Waals surface area contributed by atoms with Gasteiger partial charge in [0, 0.05) is 43.2 Å². The zero-order chi connectivity index (χ0) is 25.8. The summed E-state index contributed by atoms with van der Waals surface area (Å²) in [5.74, 6) is -2.20. The Hall–Kier alpha value is -4.08. The van der Waals surface area contributed by atoms with Gasteiger partial charge in [-0.15, -0.1) is 0 Å². The monoisotopic (exact) mass is 494 g/mol. The van der Waals surface area contributed by atoms with E-state index < -0.39 is 28.8 Å². The van der Waals surface area contributed by atoms with Gasteiger partial charge < -0.3 is 20.9 Å². The van der Waals surface area contributed by atoms with E-state index in [1.54, 1.807) is 12.1 Å². The maximum Gasteiger partial charge on any atom is 0.276 e. The molecule has 1 fully saturated rings. The standard InChI is InChI=1S/C26H28F2N6O2/c1-16(2)15-30-20-8-9-21(24(17(20)14-29)33-12-3-4-13-33)31-26(36)22-10-11-23(35)34(32-22)25-18(27)6-5-7-19(25)28/h5-11,14,16,29-30H,3-4,12-13,15H2,1-2H3,(H,31,36). The quantitative estimate of drug-likeness (QED) is 0.402. The van der Waals surface area contributed by atoms with Crippen molar-refractivity contribution in [1.82, 2.24) is 9.78 Å². The minimum absolute atomic E-state index is 0.192. The Bertz CT molecular complexity index is 1330. The van der Waals surface area contributed by atoms with Gasteiger partial charge in [-0.05, 0) is 49.1 Å². The molecular formula is C26H28F2N6O2. The van der Waals surface area contributed by atoms with Crippen LogP contribution in [-0.4, -0.2) is 41.5 Å². The highest BCUT2D eigenvalue weighted by atomic mass is 19.1. The minimum Gasteiger partial charge on any atom is -0.384 e. The topological polar surface area (TPSA) is 103 Å². The van der Waals surface area contributed by atoms with E-state index in [1.165, 1.54) is 18.3 Å². The number of halogens is 2. The van der Waals surface area contributed by atoms with E-state index in [9.17, 15) is 18.4 Å². The molecule has 0 spiro atoms. The van der Waals surface area contributed by atoms with Crippen LogP contribution in [0.25, 0.3) is 5.69 Å². The van der Waals surface area contributed by atoms with Crippen LogP contribution in [0.4, 0.5) is 25.8 Å². The van der Waals surface area contributed by atoms with Crippen molar-refractivity contribution in [3.63, 3.8) is 0 Å². The number of para-hydroxylation sites is 1. The number of hydrogen-bond donors (Lipinski definition) is 3. The number of carbonyl (C=O) groups is 1. The number of anilines is 3. The number of nitrogens with zero attached hydrogens (tertiary/aromatic N) is 3. The van der Waals surface area contributed by atoms with Crippen molar-refractivity contribution in [3.8, 4) is 5.69 Å². The van der Waals surface area contributed by atoms with Crippen molar-refractivity contribution < 1.29 is 13.6 Å². The molecule has 2 heterocycles. The summed E-state index contributed by atoms with van der Waals surface area (Å²) < 4.78 is 29.1. The second kappa shape index (κ2) is 10.7. The SMILES string of the molecule is CC(C)CNc1ccc(NC(=O)c2ccc(=O)n(-c3c(F)cccc3F)n2)c(N2CCCC2)c1C=N. The molecule has 1 saturated heterocycles. The number of benzene rings is 2. The number of nitrogens with one attached hydrogen (secondary N) is 3. The molecule has 0 saturated carbocycles. The Morgan fingerprint density at radius 1 is 1.06 bits per heavy atom. The molecule has 1 aromatic heterocycles. The fraction of sp³-hybridized carbons (Fsp3) is 0.308. The molecule has 0 atom stereocenters. The van der Waals surface area contributed by atoms with Gasteiger partial charge in [0.2, 0.25) is 0 Å².